The lowest BCUT2D eigenvalue weighted by Gasteiger charge is -2.29. The second-order valence-electron chi connectivity index (χ2n) is 9.86. The number of non-ortho nitro benzene ring substituents is 1. The molecule has 1 aliphatic heterocycles. The van der Waals surface area contributed by atoms with Crippen LogP contribution in [0.25, 0.3) is 22.2 Å². The molecule has 0 aliphatic carbocycles. The predicted molar refractivity (Wildman–Crippen MR) is 153 cm³/mol. The molecule has 9 nitrogen and oxygen atoms in total. The van der Waals surface area contributed by atoms with Crippen molar-refractivity contribution in [3.8, 4) is 17.1 Å². The van der Waals surface area contributed by atoms with Crippen molar-refractivity contribution >= 4 is 33.7 Å². The molecule has 0 unspecified atom stereocenters. The van der Waals surface area contributed by atoms with Crippen LogP contribution in [0.3, 0.4) is 0 Å². The minimum Gasteiger partial charge on any atom is -0.494 e. The lowest BCUT2D eigenvalue weighted by molar-refractivity contribution is -0.384. The van der Waals surface area contributed by atoms with Gasteiger partial charge < -0.3 is 20.0 Å². The summed E-state index contributed by atoms with van der Waals surface area (Å²) in [4.78, 5) is 28.7. The number of H-pyrrole nitrogens is 2. The fraction of sp³-hybridized carbons (Fsp3) is 0.200. The minimum absolute atomic E-state index is 0.0526. The van der Waals surface area contributed by atoms with Crippen molar-refractivity contribution in [2.75, 3.05) is 18.0 Å². The van der Waals surface area contributed by atoms with E-state index in [1.165, 1.54) is 31.4 Å². The molecule has 0 amide bonds. The molecule has 9 heteroatoms. The van der Waals surface area contributed by atoms with Crippen molar-refractivity contribution in [3.63, 3.8) is 0 Å². The summed E-state index contributed by atoms with van der Waals surface area (Å²) in [5, 5.41) is 23.2. The maximum Gasteiger partial charge on any atom is 0.270 e. The van der Waals surface area contributed by atoms with Crippen LogP contribution in [0.1, 0.15) is 36.0 Å². The molecule has 0 radical (unpaired) electrons. The van der Waals surface area contributed by atoms with Gasteiger partial charge in [0.15, 0.2) is 5.88 Å². The molecule has 5 aromatic rings. The smallest absolute Gasteiger partial charge is 0.270 e. The van der Waals surface area contributed by atoms with E-state index in [1.54, 1.807) is 18.6 Å². The van der Waals surface area contributed by atoms with Gasteiger partial charge in [-0.2, -0.15) is 0 Å². The van der Waals surface area contributed by atoms with E-state index in [2.05, 4.69) is 32.0 Å². The van der Waals surface area contributed by atoms with Crippen LogP contribution in [-0.2, 0) is 0 Å². The molecule has 196 valence electrons. The van der Waals surface area contributed by atoms with Gasteiger partial charge >= 0.3 is 0 Å². The quantitative estimate of drug-likeness (QED) is 0.132. The summed E-state index contributed by atoms with van der Waals surface area (Å²) in [7, 11) is 0. The number of hydrogen-bond acceptors (Lipinski definition) is 6. The first-order valence-electron chi connectivity index (χ1n) is 13.0. The first-order valence-corrected chi connectivity index (χ1v) is 13.0. The Bertz CT molecular complexity index is 1680. The molecular weight excluding hydrogens is 492 g/mol. The number of rotatable bonds is 6. The number of anilines is 1. The normalized spacial score (nSPS) is 14.2. The van der Waals surface area contributed by atoms with Crippen molar-refractivity contribution in [3.05, 3.63) is 100.0 Å². The topological polar surface area (TPSA) is 123 Å². The standard InChI is InChI=1S/C30H28N6O3/c1-19-15-22(35-13-3-2-4-14-35)9-11-24(19)29(33-21-7-5-20(6-8-21)27-17-31-18-32-27)28-25-16-23(36(38)39)10-12-26(25)34-30(28)37/h5-12,15-18,34,37H,2-4,13-14H2,1H3,(H,31,32). The first kappa shape index (κ1) is 24.4. The number of aromatic amines is 2. The van der Waals surface area contributed by atoms with Crippen LogP contribution in [0, 0.1) is 17.0 Å². The maximum atomic E-state index is 11.6. The molecule has 0 atom stereocenters. The summed E-state index contributed by atoms with van der Waals surface area (Å²) in [6.07, 6.45) is 7.02. The number of nitrogens with zero attached hydrogens (tertiary/aromatic N) is 4. The van der Waals surface area contributed by atoms with Gasteiger partial charge in [-0.1, -0.05) is 18.2 Å². The number of hydrogen-bond donors (Lipinski definition) is 3. The summed E-state index contributed by atoms with van der Waals surface area (Å²) in [5.74, 6) is -0.0853. The number of nitrogens with one attached hydrogen (secondary N) is 2. The van der Waals surface area contributed by atoms with Gasteiger partial charge in [0.25, 0.3) is 5.69 Å². The number of aromatic hydroxyl groups is 1. The molecular formula is C30H28N6O3. The third-order valence-corrected chi connectivity index (χ3v) is 7.31. The first-order chi connectivity index (χ1) is 19.0. The lowest BCUT2D eigenvalue weighted by Crippen LogP contribution is -2.29. The minimum atomic E-state index is -0.434. The molecule has 3 aromatic carbocycles. The van der Waals surface area contributed by atoms with E-state index in [1.807, 2.05) is 37.3 Å². The third kappa shape index (κ3) is 4.74. The zero-order chi connectivity index (χ0) is 26.9. The number of benzene rings is 3. The third-order valence-electron chi connectivity index (χ3n) is 7.31. The largest absolute Gasteiger partial charge is 0.494 e. The van der Waals surface area contributed by atoms with Crippen molar-refractivity contribution in [2.45, 2.75) is 26.2 Å². The summed E-state index contributed by atoms with van der Waals surface area (Å²) >= 11 is 0. The number of piperidine rings is 1. The molecule has 3 N–H and O–H groups in total. The Labute approximate surface area is 225 Å². The molecule has 0 spiro atoms. The molecule has 39 heavy (non-hydrogen) atoms. The highest BCUT2D eigenvalue weighted by atomic mass is 16.6. The van der Waals surface area contributed by atoms with Gasteiger partial charge in [0.1, 0.15) is 0 Å². The van der Waals surface area contributed by atoms with E-state index in [0.29, 0.717) is 27.9 Å². The highest BCUT2D eigenvalue weighted by molar-refractivity contribution is 6.22. The van der Waals surface area contributed by atoms with E-state index in [4.69, 9.17) is 4.99 Å². The van der Waals surface area contributed by atoms with Crippen molar-refractivity contribution in [1.82, 2.24) is 15.0 Å². The van der Waals surface area contributed by atoms with Gasteiger partial charge in [-0.3, -0.25) is 10.1 Å². The number of nitro groups is 1. The molecule has 0 saturated carbocycles. The Kier molecular flexibility index (Phi) is 6.32. The number of nitro benzene ring substituents is 1. The van der Waals surface area contributed by atoms with Crippen LogP contribution < -0.4 is 4.90 Å². The Balaban J connectivity index is 1.50. The monoisotopic (exact) mass is 520 g/mol. The van der Waals surface area contributed by atoms with Crippen LogP contribution in [0.15, 0.2) is 78.2 Å². The summed E-state index contributed by atoms with van der Waals surface area (Å²) in [6.45, 7) is 4.11. The second-order valence-corrected chi connectivity index (χ2v) is 9.86. The van der Waals surface area contributed by atoms with Crippen molar-refractivity contribution in [2.24, 2.45) is 4.99 Å². The molecule has 1 aliphatic rings. The summed E-state index contributed by atoms with van der Waals surface area (Å²) < 4.78 is 0. The zero-order valence-corrected chi connectivity index (χ0v) is 21.5. The average molecular weight is 521 g/mol. The zero-order valence-electron chi connectivity index (χ0n) is 21.5. The van der Waals surface area contributed by atoms with Crippen LogP contribution in [0.4, 0.5) is 17.1 Å². The fourth-order valence-corrected chi connectivity index (χ4v) is 5.29. The molecule has 2 aromatic heterocycles. The van der Waals surface area contributed by atoms with E-state index < -0.39 is 4.92 Å². The summed E-state index contributed by atoms with van der Waals surface area (Å²) in [5.41, 5.74) is 7.08. The average Bonchev–Trinajstić information content (AvgIpc) is 3.60. The summed E-state index contributed by atoms with van der Waals surface area (Å²) in [6, 6.07) is 18.5. The molecule has 6 rings (SSSR count). The van der Waals surface area contributed by atoms with Gasteiger partial charge in [-0.05, 0) is 67.6 Å². The predicted octanol–water partition coefficient (Wildman–Crippen LogP) is 6.64. The van der Waals surface area contributed by atoms with Gasteiger partial charge in [-0.15, -0.1) is 0 Å². The van der Waals surface area contributed by atoms with E-state index >= 15 is 0 Å². The maximum absolute atomic E-state index is 11.6. The Morgan fingerprint density at radius 3 is 2.54 bits per heavy atom. The number of aromatic nitrogens is 3. The van der Waals surface area contributed by atoms with Crippen molar-refractivity contribution < 1.29 is 10.0 Å². The highest BCUT2D eigenvalue weighted by Crippen LogP contribution is 2.35. The molecule has 3 heterocycles. The van der Waals surface area contributed by atoms with Gasteiger partial charge in [0, 0.05) is 47.4 Å². The van der Waals surface area contributed by atoms with Crippen LogP contribution in [0.2, 0.25) is 0 Å². The Morgan fingerprint density at radius 2 is 1.85 bits per heavy atom. The Hall–Kier alpha value is -4.92. The molecule has 1 fully saturated rings. The van der Waals surface area contributed by atoms with Gasteiger partial charge in [-0.25, -0.2) is 9.98 Å². The van der Waals surface area contributed by atoms with Crippen molar-refractivity contribution in [1.29, 1.82) is 0 Å². The Morgan fingerprint density at radius 1 is 1.05 bits per heavy atom. The van der Waals surface area contributed by atoms with Gasteiger partial charge in [0.2, 0.25) is 0 Å². The second kappa shape index (κ2) is 10.1. The van der Waals surface area contributed by atoms with E-state index in [9.17, 15) is 15.2 Å². The number of imidazole rings is 1. The molecule has 1 saturated heterocycles. The fourth-order valence-electron chi connectivity index (χ4n) is 5.29. The number of fused-ring (bicyclic) bond motifs is 1. The highest BCUT2D eigenvalue weighted by Gasteiger charge is 2.23. The van der Waals surface area contributed by atoms with Crippen LogP contribution in [-0.4, -0.2) is 43.8 Å². The lowest BCUT2D eigenvalue weighted by atomic mass is 9.96. The number of aliphatic imine (C=N–C) groups is 1. The SMILES string of the molecule is Cc1cc(N2CCCCC2)ccc1C(=Nc1ccc(-c2cnc[nH]2)cc1)c1c(O)[nH]c2ccc([N+](=O)[O-])cc12. The molecule has 0 bridgehead atoms. The number of aryl methyl sites for hydroxylation is 1. The van der Waals surface area contributed by atoms with E-state index in [0.717, 1.165) is 41.2 Å². The van der Waals surface area contributed by atoms with Crippen LogP contribution in [0.5, 0.6) is 5.88 Å². The van der Waals surface area contributed by atoms with E-state index in [-0.39, 0.29) is 11.6 Å². The van der Waals surface area contributed by atoms with Crippen LogP contribution >= 0.6 is 0 Å². The van der Waals surface area contributed by atoms with Gasteiger partial charge in [0.05, 0.1) is 40.1 Å².